The second kappa shape index (κ2) is 8.62. The van der Waals surface area contributed by atoms with Crippen LogP contribution >= 0.6 is 0 Å². The Morgan fingerprint density at radius 3 is 2.36 bits per heavy atom. The summed E-state index contributed by atoms with van der Waals surface area (Å²) >= 11 is 0. The predicted octanol–water partition coefficient (Wildman–Crippen LogP) is 2.92. The van der Waals surface area contributed by atoms with Crippen LogP contribution in [0.3, 0.4) is 0 Å². The van der Waals surface area contributed by atoms with Crippen molar-refractivity contribution in [1.29, 1.82) is 0 Å². The molecular weight excluding hydrogens is 378 g/mol. The van der Waals surface area contributed by atoms with Crippen LogP contribution in [0, 0.1) is 0 Å². The number of sulfonamides is 1. The molecule has 0 spiro atoms. The maximum Gasteiger partial charge on any atom is 0.246 e. The molecule has 1 aliphatic heterocycles. The summed E-state index contributed by atoms with van der Waals surface area (Å²) in [5.41, 5.74) is 1.26. The molecule has 1 unspecified atom stereocenters. The van der Waals surface area contributed by atoms with Crippen molar-refractivity contribution in [3.8, 4) is 5.75 Å². The largest absolute Gasteiger partial charge is 0.495 e. The Balaban J connectivity index is 1.64. The summed E-state index contributed by atoms with van der Waals surface area (Å²) in [6, 6.07) is 13.1. The first-order valence-corrected chi connectivity index (χ1v) is 10.7. The summed E-state index contributed by atoms with van der Waals surface area (Å²) in [5, 5.41) is 5.91. The highest BCUT2D eigenvalue weighted by Gasteiger charge is 2.27. The molecule has 0 bridgehead atoms. The number of nitrogens with zero attached hydrogens (tertiary/aromatic N) is 1. The highest BCUT2D eigenvalue weighted by atomic mass is 32.2. The third kappa shape index (κ3) is 4.45. The Morgan fingerprint density at radius 1 is 1.07 bits per heavy atom. The van der Waals surface area contributed by atoms with E-state index >= 15 is 0 Å². The Morgan fingerprint density at radius 2 is 1.71 bits per heavy atom. The van der Waals surface area contributed by atoms with Crippen molar-refractivity contribution < 1.29 is 17.9 Å². The quantitative estimate of drug-likeness (QED) is 0.742. The first-order valence-electron chi connectivity index (χ1n) is 9.22. The van der Waals surface area contributed by atoms with Crippen molar-refractivity contribution >= 4 is 27.3 Å². The van der Waals surface area contributed by atoms with E-state index in [4.69, 9.17) is 4.74 Å². The van der Waals surface area contributed by atoms with Crippen LogP contribution in [0.4, 0.5) is 11.4 Å². The van der Waals surface area contributed by atoms with Gasteiger partial charge in [-0.3, -0.25) is 4.79 Å². The van der Waals surface area contributed by atoms with Crippen LogP contribution < -0.4 is 15.4 Å². The van der Waals surface area contributed by atoms with Crippen molar-refractivity contribution in [2.24, 2.45) is 0 Å². The molecule has 2 aromatic carbocycles. The molecule has 3 rings (SSSR count). The van der Waals surface area contributed by atoms with Gasteiger partial charge in [0.1, 0.15) is 11.8 Å². The number of amides is 1. The van der Waals surface area contributed by atoms with E-state index in [2.05, 4.69) is 10.6 Å². The van der Waals surface area contributed by atoms with E-state index < -0.39 is 16.1 Å². The van der Waals surface area contributed by atoms with Crippen LogP contribution in [0.2, 0.25) is 0 Å². The van der Waals surface area contributed by atoms with Gasteiger partial charge in [0, 0.05) is 18.8 Å². The van der Waals surface area contributed by atoms with E-state index in [9.17, 15) is 13.2 Å². The van der Waals surface area contributed by atoms with E-state index in [0.29, 0.717) is 24.5 Å². The van der Waals surface area contributed by atoms with Crippen LogP contribution in [0.25, 0.3) is 0 Å². The summed E-state index contributed by atoms with van der Waals surface area (Å²) in [6.45, 7) is 2.87. The smallest absolute Gasteiger partial charge is 0.246 e. The molecule has 2 aromatic rings. The Kier molecular flexibility index (Phi) is 6.21. The Labute approximate surface area is 165 Å². The summed E-state index contributed by atoms with van der Waals surface area (Å²) in [7, 11) is -1.88. The summed E-state index contributed by atoms with van der Waals surface area (Å²) < 4.78 is 31.9. The number of anilines is 2. The molecule has 1 amide bonds. The fraction of sp³-hybridized carbons (Fsp3) is 0.350. The lowest BCUT2D eigenvalue weighted by Crippen LogP contribution is -2.32. The van der Waals surface area contributed by atoms with Gasteiger partial charge in [0.2, 0.25) is 15.9 Å². The first kappa shape index (κ1) is 20.2. The molecule has 0 saturated carbocycles. The number of hydrogen-bond donors (Lipinski definition) is 2. The maximum atomic E-state index is 12.6. The first-order chi connectivity index (χ1) is 13.4. The zero-order valence-electron chi connectivity index (χ0n) is 16.0. The fourth-order valence-electron chi connectivity index (χ4n) is 3.10. The zero-order valence-corrected chi connectivity index (χ0v) is 16.8. The molecule has 0 radical (unpaired) electrons. The second-order valence-electron chi connectivity index (χ2n) is 6.69. The molecule has 1 aliphatic rings. The number of para-hydroxylation sites is 2. The molecule has 1 saturated heterocycles. The van der Waals surface area contributed by atoms with E-state index in [0.717, 1.165) is 18.5 Å². The summed E-state index contributed by atoms with van der Waals surface area (Å²) in [6.07, 6.45) is 1.79. The number of methoxy groups -OCH3 is 1. The van der Waals surface area contributed by atoms with Crippen molar-refractivity contribution in [3.63, 3.8) is 0 Å². The molecule has 0 aromatic heterocycles. The average molecular weight is 404 g/mol. The third-order valence-corrected chi connectivity index (χ3v) is 6.61. The van der Waals surface area contributed by atoms with E-state index in [1.165, 1.54) is 16.4 Å². The number of hydrogen-bond acceptors (Lipinski definition) is 5. The minimum Gasteiger partial charge on any atom is -0.495 e. The monoisotopic (exact) mass is 403 g/mol. The number of carbonyl (C=O) groups excluding carboxylic acids is 1. The van der Waals surface area contributed by atoms with Gasteiger partial charge in [-0.1, -0.05) is 12.1 Å². The molecule has 28 heavy (non-hydrogen) atoms. The highest BCUT2D eigenvalue weighted by Crippen LogP contribution is 2.25. The lowest BCUT2D eigenvalue weighted by molar-refractivity contribution is -0.116. The molecule has 8 heteroatoms. The molecule has 2 N–H and O–H groups in total. The zero-order chi connectivity index (χ0) is 20.1. The minimum atomic E-state index is -3.45. The SMILES string of the molecule is COc1ccccc1NC(C)C(=O)Nc1ccc(S(=O)(=O)N2CCCC2)cc1. The third-order valence-electron chi connectivity index (χ3n) is 4.70. The summed E-state index contributed by atoms with van der Waals surface area (Å²) in [4.78, 5) is 12.7. The van der Waals surface area contributed by atoms with Crippen molar-refractivity contribution in [2.75, 3.05) is 30.8 Å². The Hall–Kier alpha value is -2.58. The van der Waals surface area contributed by atoms with Crippen LogP contribution in [-0.4, -0.2) is 44.9 Å². The van der Waals surface area contributed by atoms with Gasteiger partial charge < -0.3 is 15.4 Å². The number of ether oxygens (including phenoxy) is 1. The molecule has 0 aliphatic carbocycles. The molecule has 1 heterocycles. The lowest BCUT2D eigenvalue weighted by atomic mass is 10.2. The highest BCUT2D eigenvalue weighted by molar-refractivity contribution is 7.89. The standard InChI is InChI=1S/C20H25N3O4S/c1-15(21-18-7-3-4-8-19(18)27-2)20(24)22-16-9-11-17(12-10-16)28(25,26)23-13-5-6-14-23/h3-4,7-12,15,21H,5-6,13-14H2,1-2H3,(H,22,24). The van der Waals surface area contributed by atoms with Gasteiger partial charge in [0.25, 0.3) is 0 Å². The van der Waals surface area contributed by atoms with Gasteiger partial charge >= 0.3 is 0 Å². The van der Waals surface area contributed by atoms with Gasteiger partial charge in [-0.15, -0.1) is 0 Å². The predicted molar refractivity (Wildman–Crippen MR) is 109 cm³/mol. The molecule has 150 valence electrons. The van der Waals surface area contributed by atoms with E-state index in [1.54, 1.807) is 26.2 Å². The average Bonchev–Trinajstić information content (AvgIpc) is 3.24. The number of rotatable bonds is 7. The molecule has 1 atom stereocenters. The van der Waals surface area contributed by atoms with E-state index in [-0.39, 0.29) is 10.8 Å². The maximum absolute atomic E-state index is 12.6. The van der Waals surface area contributed by atoms with Gasteiger partial charge in [0.05, 0.1) is 17.7 Å². The second-order valence-corrected chi connectivity index (χ2v) is 8.63. The Bertz CT molecular complexity index is 923. The van der Waals surface area contributed by atoms with Crippen molar-refractivity contribution in [3.05, 3.63) is 48.5 Å². The number of carbonyl (C=O) groups is 1. The normalized spacial score (nSPS) is 15.8. The van der Waals surface area contributed by atoms with Crippen LogP contribution in [0.1, 0.15) is 19.8 Å². The van der Waals surface area contributed by atoms with Crippen molar-refractivity contribution in [1.82, 2.24) is 4.31 Å². The van der Waals surface area contributed by atoms with Crippen LogP contribution in [-0.2, 0) is 14.8 Å². The van der Waals surface area contributed by atoms with Gasteiger partial charge in [-0.05, 0) is 56.2 Å². The van der Waals surface area contributed by atoms with Crippen LogP contribution in [0.5, 0.6) is 5.75 Å². The van der Waals surface area contributed by atoms with E-state index in [1.807, 2.05) is 24.3 Å². The number of benzene rings is 2. The fourth-order valence-corrected chi connectivity index (χ4v) is 4.62. The molecule has 7 nitrogen and oxygen atoms in total. The van der Waals surface area contributed by atoms with Gasteiger partial charge in [-0.2, -0.15) is 4.31 Å². The van der Waals surface area contributed by atoms with Crippen molar-refractivity contribution in [2.45, 2.75) is 30.7 Å². The minimum absolute atomic E-state index is 0.235. The topological polar surface area (TPSA) is 87.7 Å². The van der Waals surface area contributed by atoms with Gasteiger partial charge in [0.15, 0.2) is 0 Å². The molecular formula is C20H25N3O4S. The summed E-state index contributed by atoms with van der Waals surface area (Å²) in [5.74, 6) is 0.416. The van der Waals surface area contributed by atoms with Crippen LogP contribution in [0.15, 0.2) is 53.4 Å². The lowest BCUT2D eigenvalue weighted by Gasteiger charge is -2.18. The molecule has 1 fully saturated rings. The number of nitrogens with one attached hydrogen (secondary N) is 2. The van der Waals surface area contributed by atoms with Gasteiger partial charge in [-0.25, -0.2) is 8.42 Å².